The third-order valence-electron chi connectivity index (χ3n) is 5.47. The van der Waals surface area contributed by atoms with Crippen molar-refractivity contribution in [2.75, 3.05) is 19.5 Å². The van der Waals surface area contributed by atoms with Crippen molar-refractivity contribution in [1.82, 2.24) is 8.77 Å². The van der Waals surface area contributed by atoms with Gasteiger partial charge in [-0.25, -0.2) is 4.68 Å². The van der Waals surface area contributed by atoms with Crippen LogP contribution in [0.25, 0.3) is 10.9 Å². The molecular formula is C24H23N3O7S. The molecule has 1 amide bonds. The molecule has 0 aliphatic rings. The van der Waals surface area contributed by atoms with Gasteiger partial charge in [-0.3, -0.25) is 9.59 Å². The summed E-state index contributed by atoms with van der Waals surface area (Å²) in [7, 11) is -1.44. The predicted molar refractivity (Wildman–Crippen MR) is 130 cm³/mol. The smallest absolute Gasteiger partial charge is 0.282 e. The first kappa shape index (κ1) is 23.9. The number of fused-ring (bicyclic) bond motifs is 1. The molecule has 0 saturated heterocycles. The van der Waals surface area contributed by atoms with E-state index in [-0.39, 0.29) is 21.5 Å². The SMILES string of the molecule is COc1ccc(NC(=O)Cn2c(=O)c3cc(OC)ccc3n2S(=O)(=O)c2ccc(C)c(O)c2)cc1. The van der Waals surface area contributed by atoms with Crippen molar-refractivity contribution in [1.29, 1.82) is 0 Å². The van der Waals surface area contributed by atoms with Gasteiger partial charge in [-0.05, 0) is 61.0 Å². The van der Waals surface area contributed by atoms with Crippen molar-refractivity contribution in [2.24, 2.45) is 0 Å². The van der Waals surface area contributed by atoms with Crippen molar-refractivity contribution in [3.8, 4) is 17.2 Å². The van der Waals surface area contributed by atoms with E-state index in [0.717, 1.165) is 14.8 Å². The fourth-order valence-corrected chi connectivity index (χ4v) is 5.10. The molecule has 35 heavy (non-hydrogen) atoms. The Hall–Kier alpha value is -4.25. The number of aromatic hydroxyl groups is 1. The number of aromatic nitrogens is 2. The quantitative estimate of drug-likeness (QED) is 0.402. The molecule has 182 valence electrons. The molecule has 0 atom stereocenters. The average molecular weight is 498 g/mol. The lowest BCUT2D eigenvalue weighted by Gasteiger charge is -2.14. The minimum atomic E-state index is -4.38. The molecule has 11 heteroatoms. The van der Waals surface area contributed by atoms with E-state index in [0.29, 0.717) is 22.7 Å². The first-order chi connectivity index (χ1) is 16.6. The number of carbonyl (C=O) groups excluding carboxylic acids is 1. The van der Waals surface area contributed by atoms with E-state index in [4.69, 9.17) is 9.47 Å². The van der Waals surface area contributed by atoms with Crippen LogP contribution in [0.5, 0.6) is 17.2 Å². The molecule has 0 fully saturated rings. The summed E-state index contributed by atoms with van der Waals surface area (Å²) in [5.41, 5.74) is 0.304. The minimum absolute atomic E-state index is 0.0570. The number of benzene rings is 3. The number of ether oxygens (including phenoxy) is 2. The lowest BCUT2D eigenvalue weighted by Crippen LogP contribution is -2.33. The number of rotatable bonds is 7. The molecule has 0 aliphatic carbocycles. The van der Waals surface area contributed by atoms with E-state index in [9.17, 15) is 23.1 Å². The van der Waals surface area contributed by atoms with Gasteiger partial charge in [0.05, 0.1) is 30.0 Å². The standard InChI is InChI=1S/C24H23N3O7S/c1-15-4-10-19(13-22(15)28)35(31,32)27-21-11-9-18(34-3)12-20(21)24(30)26(27)14-23(29)25-16-5-7-17(33-2)8-6-16/h4-13,28H,14H2,1-3H3,(H,25,29). The third kappa shape index (κ3) is 4.45. The monoisotopic (exact) mass is 497 g/mol. The summed E-state index contributed by atoms with van der Waals surface area (Å²) in [5, 5.41) is 12.8. The number of phenols is 1. The second kappa shape index (κ2) is 9.18. The van der Waals surface area contributed by atoms with Gasteiger partial charge in [0.1, 0.15) is 23.8 Å². The summed E-state index contributed by atoms with van der Waals surface area (Å²) in [6, 6.07) is 14.8. The summed E-state index contributed by atoms with van der Waals surface area (Å²) in [4.78, 5) is 25.9. The molecule has 10 nitrogen and oxygen atoms in total. The molecule has 0 radical (unpaired) electrons. The van der Waals surface area contributed by atoms with Gasteiger partial charge in [-0.2, -0.15) is 12.5 Å². The average Bonchev–Trinajstić information content (AvgIpc) is 3.12. The maximum Gasteiger partial charge on any atom is 0.282 e. The van der Waals surface area contributed by atoms with Crippen LogP contribution in [-0.4, -0.2) is 42.4 Å². The zero-order valence-corrected chi connectivity index (χ0v) is 20.0. The van der Waals surface area contributed by atoms with Gasteiger partial charge in [0.15, 0.2) is 0 Å². The molecule has 2 N–H and O–H groups in total. The number of amides is 1. The van der Waals surface area contributed by atoms with E-state index in [1.165, 1.54) is 44.6 Å². The van der Waals surface area contributed by atoms with Crippen LogP contribution in [0.3, 0.4) is 0 Å². The Morgan fingerprint density at radius 3 is 2.26 bits per heavy atom. The van der Waals surface area contributed by atoms with Gasteiger partial charge < -0.3 is 19.9 Å². The van der Waals surface area contributed by atoms with Crippen LogP contribution in [0.4, 0.5) is 5.69 Å². The molecular weight excluding hydrogens is 474 g/mol. The van der Waals surface area contributed by atoms with E-state index >= 15 is 0 Å². The molecule has 0 spiro atoms. The summed E-state index contributed by atoms with van der Waals surface area (Å²) < 4.78 is 39.1. The van der Waals surface area contributed by atoms with Crippen molar-refractivity contribution in [3.05, 3.63) is 76.6 Å². The van der Waals surface area contributed by atoms with Crippen LogP contribution in [0, 0.1) is 6.92 Å². The van der Waals surface area contributed by atoms with Crippen molar-refractivity contribution < 1.29 is 27.8 Å². The fraction of sp³-hybridized carbons (Fsp3) is 0.167. The topological polar surface area (TPSA) is 129 Å². The van der Waals surface area contributed by atoms with Crippen LogP contribution >= 0.6 is 0 Å². The number of carbonyl (C=O) groups is 1. The van der Waals surface area contributed by atoms with E-state index in [1.54, 1.807) is 31.2 Å². The van der Waals surface area contributed by atoms with Gasteiger partial charge in [-0.15, -0.1) is 0 Å². The number of nitrogens with one attached hydrogen (secondary N) is 1. The zero-order valence-electron chi connectivity index (χ0n) is 19.2. The van der Waals surface area contributed by atoms with Crippen LogP contribution < -0.4 is 20.3 Å². The second-order valence-electron chi connectivity index (χ2n) is 7.72. The maximum atomic E-state index is 13.6. The molecule has 0 aliphatic heterocycles. The van der Waals surface area contributed by atoms with Crippen LogP contribution in [0.1, 0.15) is 5.56 Å². The first-order valence-corrected chi connectivity index (χ1v) is 11.9. The summed E-state index contributed by atoms with van der Waals surface area (Å²) >= 11 is 0. The largest absolute Gasteiger partial charge is 0.508 e. The number of hydrogen-bond donors (Lipinski definition) is 2. The second-order valence-corrected chi connectivity index (χ2v) is 9.49. The van der Waals surface area contributed by atoms with Crippen molar-refractivity contribution in [3.63, 3.8) is 0 Å². The molecule has 0 bridgehead atoms. The minimum Gasteiger partial charge on any atom is -0.508 e. The summed E-state index contributed by atoms with van der Waals surface area (Å²) in [6.45, 7) is 1.04. The Labute approximate surface area is 201 Å². The third-order valence-corrected chi connectivity index (χ3v) is 7.17. The number of phenolic OH excluding ortho intramolecular Hbond substituents is 1. The molecule has 4 aromatic rings. The Morgan fingerprint density at radius 2 is 1.63 bits per heavy atom. The predicted octanol–water partition coefficient (Wildman–Crippen LogP) is 2.71. The van der Waals surface area contributed by atoms with Crippen molar-refractivity contribution >= 4 is 32.5 Å². The van der Waals surface area contributed by atoms with Gasteiger partial charge in [0.25, 0.3) is 15.6 Å². The Kier molecular flexibility index (Phi) is 6.27. The highest BCUT2D eigenvalue weighted by molar-refractivity contribution is 7.90. The zero-order chi connectivity index (χ0) is 25.3. The number of hydrogen-bond acceptors (Lipinski definition) is 7. The number of aryl methyl sites for hydroxylation is 1. The highest BCUT2D eigenvalue weighted by Crippen LogP contribution is 2.26. The number of nitrogens with zero attached hydrogens (tertiary/aromatic N) is 2. The Morgan fingerprint density at radius 1 is 0.971 bits per heavy atom. The molecule has 0 saturated carbocycles. The maximum absolute atomic E-state index is 13.6. The number of anilines is 1. The van der Waals surface area contributed by atoms with E-state index in [1.807, 2.05) is 0 Å². The lowest BCUT2D eigenvalue weighted by atomic mass is 10.2. The Bertz CT molecular complexity index is 1590. The number of methoxy groups -OCH3 is 2. The van der Waals surface area contributed by atoms with E-state index in [2.05, 4.69) is 5.32 Å². The van der Waals surface area contributed by atoms with Gasteiger partial charge in [0, 0.05) is 11.8 Å². The molecule has 3 aromatic carbocycles. The van der Waals surface area contributed by atoms with Crippen LogP contribution in [0.15, 0.2) is 70.4 Å². The Balaban J connectivity index is 1.83. The van der Waals surface area contributed by atoms with Gasteiger partial charge >= 0.3 is 0 Å². The van der Waals surface area contributed by atoms with E-state index < -0.39 is 28.0 Å². The van der Waals surface area contributed by atoms with Crippen LogP contribution in [-0.2, 0) is 21.4 Å². The highest BCUT2D eigenvalue weighted by Gasteiger charge is 2.27. The highest BCUT2D eigenvalue weighted by atomic mass is 32.2. The normalized spacial score (nSPS) is 11.4. The molecule has 1 heterocycles. The molecule has 1 aromatic heterocycles. The van der Waals surface area contributed by atoms with Gasteiger partial charge in [-0.1, -0.05) is 6.07 Å². The lowest BCUT2D eigenvalue weighted by molar-refractivity contribution is -0.117. The van der Waals surface area contributed by atoms with Crippen molar-refractivity contribution in [2.45, 2.75) is 18.4 Å². The fourth-order valence-electron chi connectivity index (χ4n) is 3.59. The first-order valence-electron chi connectivity index (χ1n) is 10.4. The summed E-state index contributed by atoms with van der Waals surface area (Å²) in [6.07, 6.45) is 0. The van der Waals surface area contributed by atoms with Gasteiger partial charge in [0.2, 0.25) is 5.91 Å². The molecule has 0 unspecified atom stereocenters. The summed E-state index contributed by atoms with van der Waals surface area (Å²) in [5.74, 6) is 0.123. The van der Waals surface area contributed by atoms with Crippen LogP contribution in [0.2, 0.25) is 0 Å². The molecule has 4 rings (SSSR count).